The Morgan fingerprint density at radius 2 is 0.844 bits per heavy atom. The number of nitrogens with zero attached hydrogens (tertiary/aromatic N) is 4. The van der Waals surface area contributed by atoms with E-state index in [0.717, 1.165) is 51.4 Å². The molecule has 0 aromatic rings. The molecule has 0 aromatic carbocycles. The first-order valence-corrected chi connectivity index (χ1v) is 12.7. The van der Waals surface area contributed by atoms with E-state index in [0.29, 0.717) is 26.2 Å². The Kier molecular flexibility index (Phi) is 6.34. The lowest BCUT2D eigenvalue weighted by molar-refractivity contribution is -0.145. The number of hydrogen-bond acceptors (Lipinski definition) is 6. The van der Waals surface area contributed by atoms with Crippen LogP contribution in [0.5, 0.6) is 0 Å². The Morgan fingerprint density at radius 3 is 1.19 bits per heavy atom. The summed E-state index contributed by atoms with van der Waals surface area (Å²) in [5.74, 6) is -0.0834. The van der Waals surface area contributed by atoms with Crippen molar-refractivity contribution in [3.8, 4) is 0 Å². The van der Waals surface area contributed by atoms with Crippen molar-refractivity contribution in [2.75, 3.05) is 26.2 Å². The Hall–Kier alpha value is -1.80. The molecular weight excluding hydrogens is 408 g/mol. The van der Waals surface area contributed by atoms with Crippen LogP contribution in [-0.4, -0.2) is 93.6 Å². The van der Waals surface area contributed by atoms with Gasteiger partial charge < -0.3 is 0 Å². The smallest absolute Gasteiger partial charge is 0.247 e. The van der Waals surface area contributed by atoms with Crippen LogP contribution in [0.4, 0.5) is 0 Å². The summed E-state index contributed by atoms with van der Waals surface area (Å²) in [5.41, 5.74) is 0. The summed E-state index contributed by atoms with van der Waals surface area (Å²) >= 11 is 0. The van der Waals surface area contributed by atoms with Gasteiger partial charge >= 0.3 is 0 Å². The maximum Gasteiger partial charge on any atom is 0.247 e. The number of amides is 4. The number of rotatable bonds is 4. The van der Waals surface area contributed by atoms with Crippen LogP contribution in [-0.2, 0) is 19.2 Å². The van der Waals surface area contributed by atoms with E-state index in [4.69, 9.17) is 0 Å². The number of carbonyl (C=O) groups is 4. The molecule has 0 radical (unpaired) electrons. The number of imide groups is 2. The van der Waals surface area contributed by atoms with E-state index in [-0.39, 0.29) is 60.6 Å². The van der Waals surface area contributed by atoms with Gasteiger partial charge in [0, 0.05) is 38.3 Å². The SMILES string of the molecule is O=C1CC(N2CCN(C3CC(=O)N(C4CCCCC4)C3=O)CC2)C(=O)N1C1CCCCC1. The highest BCUT2D eigenvalue weighted by molar-refractivity contribution is 6.06. The molecule has 3 saturated heterocycles. The van der Waals surface area contributed by atoms with Crippen molar-refractivity contribution in [2.45, 2.75) is 101 Å². The zero-order valence-electron chi connectivity index (χ0n) is 19.0. The van der Waals surface area contributed by atoms with Gasteiger partial charge in [0.05, 0.1) is 24.9 Å². The van der Waals surface area contributed by atoms with E-state index in [1.807, 2.05) is 0 Å². The molecule has 2 atom stereocenters. The van der Waals surface area contributed by atoms with Gasteiger partial charge in [-0.1, -0.05) is 38.5 Å². The highest BCUT2D eigenvalue weighted by atomic mass is 16.2. The molecule has 4 amide bonds. The molecule has 32 heavy (non-hydrogen) atoms. The van der Waals surface area contributed by atoms with Crippen molar-refractivity contribution in [3.63, 3.8) is 0 Å². The average Bonchev–Trinajstić information content (AvgIpc) is 3.29. The summed E-state index contributed by atoms with van der Waals surface area (Å²) in [4.78, 5) is 58.9. The molecule has 176 valence electrons. The maximum atomic E-state index is 13.1. The van der Waals surface area contributed by atoms with Gasteiger partial charge in [0.2, 0.25) is 23.6 Å². The Labute approximate surface area is 190 Å². The maximum absolute atomic E-state index is 13.1. The molecule has 8 nitrogen and oxygen atoms in total. The normalized spacial score (nSPS) is 32.5. The van der Waals surface area contributed by atoms with E-state index in [9.17, 15) is 19.2 Å². The summed E-state index contributed by atoms with van der Waals surface area (Å²) in [5, 5.41) is 0. The van der Waals surface area contributed by atoms with Gasteiger partial charge in [-0.3, -0.25) is 38.8 Å². The molecule has 0 bridgehead atoms. The fourth-order valence-electron chi connectivity index (χ4n) is 6.65. The minimum absolute atomic E-state index is 0.0194. The second-order valence-electron chi connectivity index (χ2n) is 10.3. The standard InChI is InChI=1S/C24H36N4O4/c29-21-15-19(23(31)27(21)17-7-3-1-4-8-17)25-11-13-26(14-12-25)20-16-22(30)28(24(20)32)18-9-5-2-6-10-18/h17-20H,1-16H2. The highest BCUT2D eigenvalue weighted by Gasteiger charge is 2.48. The Bertz CT molecular complexity index is 702. The fraction of sp³-hybridized carbons (Fsp3) is 0.833. The molecule has 8 heteroatoms. The second-order valence-corrected chi connectivity index (χ2v) is 10.3. The lowest BCUT2D eigenvalue weighted by atomic mass is 9.94. The zero-order chi connectivity index (χ0) is 22.2. The summed E-state index contributed by atoms with van der Waals surface area (Å²) in [7, 11) is 0. The second kappa shape index (κ2) is 9.21. The van der Waals surface area contributed by atoms with Crippen molar-refractivity contribution < 1.29 is 19.2 Å². The molecule has 5 fully saturated rings. The first-order chi connectivity index (χ1) is 15.5. The third kappa shape index (κ3) is 4.00. The zero-order valence-corrected chi connectivity index (χ0v) is 19.0. The summed E-state index contributed by atoms with van der Waals surface area (Å²) in [6.45, 7) is 2.63. The van der Waals surface area contributed by atoms with E-state index < -0.39 is 0 Å². The quantitative estimate of drug-likeness (QED) is 0.612. The third-order valence-corrected chi connectivity index (χ3v) is 8.43. The van der Waals surface area contributed by atoms with Gasteiger partial charge in [0.25, 0.3) is 0 Å². The largest absolute Gasteiger partial charge is 0.289 e. The van der Waals surface area contributed by atoms with E-state index in [1.54, 1.807) is 9.80 Å². The van der Waals surface area contributed by atoms with Crippen LogP contribution in [0, 0.1) is 0 Å². The van der Waals surface area contributed by atoms with Crippen molar-refractivity contribution >= 4 is 23.6 Å². The summed E-state index contributed by atoms with van der Waals surface area (Å²) in [6, 6.07) is -0.539. The van der Waals surface area contributed by atoms with Crippen molar-refractivity contribution in [2.24, 2.45) is 0 Å². The van der Waals surface area contributed by atoms with Gasteiger partial charge in [0.15, 0.2) is 0 Å². The van der Waals surface area contributed by atoms with Gasteiger partial charge in [0.1, 0.15) is 0 Å². The van der Waals surface area contributed by atoms with Gasteiger partial charge in [-0.15, -0.1) is 0 Å². The van der Waals surface area contributed by atoms with Crippen molar-refractivity contribution in [1.82, 2.24) is 19.6 Å². The third-order valence-electron chi connectivity index (χ3n) is 8.43. The number of hydrogen-bond donors (Lipinski definition) is 0. The summed E-state index contributed by atoms with van der Waals surface area (Å²) in [6.07, 6.45) is 11.1. The van der Waals surface area contributed by atoms with E-state index >= 15 is 0 Å². The number of likely N-dealkylation sites (tertiary alicyclic amines) is 2. The topological polar surface area (TPSA) is 81.2 Å². The van der Waals surface area contributed by atoms with Crippen LogP contribution >= 0.6 is 0 Å². The highest BCUT2D eigenvalue weighted by Crippen LogP contribution is 2.31. The van der Waals surface area contributed by atoms with Crippen LogP contribution in [0.3, 0.4) is 0 Å². The molecule has 2 saturated carbocycles. The van der Waals surface area contributed by atoms with Gasteiger partial charge in [-0.05, 0) is 25.7 Å². The molecule has 5 aliphatic rings. The molecule has 0 spiro atoms. The lowest BCUT2D eigenvalue weighted by Gasteiger charge is -2.39. The lowest BCUT2D eigenvalue weighted by Crippen LogP contribution is -2.56. The average molecular weight is 445 g/mol. The molecule has 0 N–H and O–H groups in total. The Balaban J connectivity index is 1.17. The molecule has 2 unspecified atom stereocenters. The Morgan fingerprint density at radius 1 is 0.500 bits per heavy atom. The van der Waals surface area contributed by atoms with Gasteiger partial charge in [-0.25, -0.2) is 0 Å². The molecule has 3 heterocycles. The van der Waals surface area contributed by atoms with Gasteiger partial charge in [-0.2, -0.15) is 0 Å². The number of carbonyl (C=O) groups excluding carboxylic acids is 4. The van der Waals surface area contributed by atoms with Crippen molar-refractivity contribution in [3.05, 3.63) is 0 Å². The monoisotopic (exact) mass is 444 g/mol. The molecule has 5 rings (SSSR count). The van der Waals surface area contributed by atoms with Crippen LogP contribution in [0.15, 0.2) is 0 Å². The molecule has 3 aliphatic heterocycles. The minimum atomic E-state index is -0.355. The predicted molar refractivity (Wildman–Crippen MR) is 117 cm³/mol. The summed E-state index contributed by atoms with van der Waals surface area (Å²) < 4.78 is 0. The number of piperazine rings is 1. The fourth-order valence-corrected chi connectivity index (χ4v) is 6.65. The van der Waals surface area contributed by atoms with Crippen LogP contribution in [0.2, 0.25) is 0 Å². The van der Waals surface area contributed by atoms with Crippen molar-refractivity contribution in [1.29, 1.82) is 0 Å². The van der Waals surface area contributed by atoms with E-state index in [1.165, 1.54) is 12.8 Å². The first kappa shape index (κ1) is 22.0. The van der Waals surface area contributed by atoms with Crippen LogP contribution in [0.25, 0.3) is 0 Å². The molecular formula is C24H36N4O4. The first-order valence-electron chi connectivity index (χ1n) is 12.7. The molecule has 2 aliphatic carbocycles. The minimum Gasteiger partial charge on any atom is -0.289 e. The van der Waals surface area contributed by atoms with Crippen LogP contribution < -0.4 is 0 Å². The van der Waals surface area contributed by atoms with E-state index in [2.05, 4.69) is 9.80 Å². The molecule has 0 aromatic heterocycles. The van der Waals surface area contributed by atoms with Crippen LogP contribution in [0.1, 0.15) is 77.0 Å². The predicted octanol–water partition coefficient (Wildman–Crippen LogP) is 1.52.